The van der Waals surface area contributed by atoms with Gasteiger partial charge in [0, 0.05) is 31.5 Å². The average molecular weight is 523 g/mol. The van der Waals surface area contributed by atoms with E-state index in [0.29, 0.717) is 19.6 Å². The molecule has 202 valence electrons. The molecule has 0 unspecified atom stereocenters. The van der Waals surface area contributed by atoms with E-state index < -0.39 is 11.4 Å². The molecule has 0 atom stereocenters. The molecule has 38 heavy (non-hydrogen) atoms. The first-order valence-electron chi connectivity index (χ1n) is 13.7. The van der Waals surface area contributed by atoms with Crippen LogP contribution in [0.25, 0.3) is 11.1 Å². The second-order valence-electron chi connectivity index (χ2n) is 11.5. The van der Waals surface area contributed by atoms with Crippen molar-refractivity contribution in [2.45, 2.75) is 64.5 Å². The van der Waals surface area contributed by atoms with Crippen LogP contribution in [0.3, 0.4) is 0 Å². The van der Waals surface area contributed by atoms with Gasteiger partial charge >= 0.3 is 5.97 Å². The number of rotatable bonds is 9. The second kappa shape index (κ2) is 9.26. The zero-order chi connectivity index (χ0) is 26.5. The van der Waals surface area contributed by atoms with Crippen molar-refractivity contribution in [3.63, 3.8) is 0 Å². The molecule has 6 rings (SSSR count). The van der Waals surface area contributed by atoms with Crippen molar-refractivity contribution in [1.82, 2.24) is 4.90 Å². The van der Waals surface area contributed by atoms with Crippen LogP contribution in [-0.4, -0.2) is 53.6 Å². The fraction of sp³-hybridized carbons (Fsp3) is 0.533. The van der Waals surface area contributed by atoms with E-state index in [1.165, 1.54) is 12.1 Å². The SMILES string of the molecule is CCOc1cc(CN2CC3(CC(C45CCC(C(=O)O)(CC4)C5)=NO3)C2)cc(OCC)c1-c1ccc(F)cc1. The minimum atomic E-state index is -0.649. The molecule has 2 aromatic rings. The number of carbonyl (C=O) groups is 1. The van der Waals surface area contributed by atoms with E-state index in [1.807, 2.05) is 13.8 Å². The quantitative estimate of drug-likeness (QED) is 0.458. The molecule has 1 N–H and O–H groups in total. The molecule has 1 saturated heterocycles. The predicted octanol–water partition coefficient (Wildman–Crippen LogP) is 5.66. The summed E-state index contributed by atoms with van der Waals surface area (Å²) in [6.07, 6.45) is 4.80. The van der Waals surface area contributed by atoms with E-state index in [-0.39, 0.29) is 16.8 Å². The smallest absolute Gasteiger partial charge is 0.309 e. The zero-order valence-electron chi connectivity index (χ0n) is 22.1. The third-order valence-electron chi connectivity index (χ3n) is 9.03. The minimum Gasteiger partial charge on any atom is -0.493 e. The molecule has 1 spiro atoms. The maximum atomic E-state index is 13.6. The van der Waals surface area contributed by atoms with E-state index in [0.717, 1.165) is 85.6 Å². The Balaban J connectivity index is 1.15. The Labute approximate surface area is 222 Å². The van der Waals surface area contributed by atoms with Crippen molar-refractivity contribution in [3.8, 4) is 22.6 Å². The molecule has 2 saturated carbocycles. The number of aliphatic carboxylic acids is 1. The highest BCUT2D eigenvalue weighted by Gasteiger charge is 2.63. The lowest BCUT2D eigenvalue weighted by Gasteiger charge is -2.45. The van der Waals surface area contributed by atoms with Gasteiger partial charge in [0.1, 0.15) is 17.3 Å². The summed E-state index contributed by atoms with van der Waals surface area (Å²) < 4.78 is 25.6. The Bertz CT molecular complexity index is 1230. The van der Waals surface area contributed by atoms with E-state index >= 15 is 0 Å². The van der Waals surface area contributed by atoms with Crippen LogP contribution in [0.5, 0.6) is 11.5 Å². The Hall–Kier alpha value is -3.13. The van der Waals surface area contributed by atoms with Crippen LogP contribution in [0.15, 0.2) is 41.6 Å². The van der Waals surface area contributed by atoms with Gasteiger partial charge in [0.2, 0.25) is 0 Å². The Morgan fingerprint density at radius 3 is 2.24 bits per heavy atom. The van der Waals surface area contributed by atoms with Crippen LogP contribution in [0.1, 0.15) is 57.9 Å². The molecule has 2 aromatic carbocycles. The maximum Gasteiger partial charge on any atom is 0.309 e. The fourth-order valence-corrected chi connectivity index (χ4v) is 7.18. The normalized spacial score (nSPS) is 27.2. The van der Waals surface area contributed by atoms with Crippen LogP contribution in [-0.2, 0) is 16.2 Å². The van der Waals surface area contributed by atoms with Gasteiger partial charge in [-0.3, -0.25) is 9.69 Å². The maximum absolute atomic E-state index is 13.6. The Kier molecular flexibility index (Phi) is 6.13. The Morgan fingerprint density at radius 1 is 1.05 bits per heavy atom. The van der Waals surface area contributed by atoms with E-state index in [1.54, 1.807) is 12.1 Å². The van der Waals surface area contributed by atoms with Gasteiger partial charge in [0.25, 0.3) is 0 Å². The Morgan fingerprint density at radius 2 is 1.68 bits per heavy atom. The highest BCUT2D eigenvalue weighted by molar-refractivity contribution is 5.94. The van der Waals surface area contributed by atoms with Gasteiger partial charge in [-0.1, -0.05) is 17.3 Å². The highest BCUT2D eigenvalue weighted by atomic mass is 19.1. The van der Waals surface area contributed by atoms with Crippen LogP contribution in [0, 0.1) is 16.6 Å². The summed E-state index contributed by atoms with van der Waals surface area (Å²) in [6.45, 7) is 7.18. The summed E-state index contributed by atoms with van der Waals surface area (Å²) in [6, 6.07) is 10.5. The number of oxime groups is 1. The van der Waals surface area contributed by atoms with Gasteiger partial charge in [-0.25, -0.2) is 4.39 Å². The molecule has 8 heteroatoms. The molecule has 3 fully saturated rings. The number of hydrogen-bond donors (Lipinski definition) is 1. The number of nitrogens with zero attached hydrogens (tertiary/aromatic N) is 2. The third-order valence-corrected chi connectivity index (χ3v) is 9.03. The summed E-state index contributed by atoms with van der Waals surface area (Å²) in [5.41, 5.74) is 2.90. The zero-order valence-corrected chi connectivity index (χ0v) is 22.1. The van der Waals surface area contributed by atoms with Crippen molar-refractivity contribution in [1.29, 1.82) is 0 Å². The number of likely N-dealkylation sites (tertiary alicyclic amines) is 1. The van der Waals surface area contributed by atoms with Crippen molar-refractivity contribution < 1.29 is 28.6 Å². The first-order valence-corrected chi connectivity index (χ1v) is 13.7. The highest BCUT2D eigenvalue weighted by Crippen LogP contribution is 2.63. The van der Waals surface area contributed by atoms with Gasteiger partial charge in [0.15, 0.2) is 5.60 Å². The van der Waals surface area contributed by atoms with Crippen LogP contribution < -0.4 is 9.47 Å². The molecule has 4 aliphatic rings. The van der Waals surface area contributed by atoms with Crippen molar-refractivity contribution in [2.75, 3.05) is 26.3 Å². The summed E-state index contributed by atoms with van der Waals surface area (Å²) in [4.78, 5) is 20.3. The van der Waals surface area contributed by atoms with Gasteiger partial charge < -0.3 is 19.4 Å². The van der Waals surface area contributed by atoms with Crippen LogP contribution in [0.4, 0.5) is 4.39 Å². The largest absolute Gasteiger partial charge is 0.493 e. The number of carboxylic acid groups (broad SMARTS) is 1. The lowest BCUT2D eigenvalue weighted by Crippen LogP contribution is -2.61. The minimum absolute atomic E-state index is 0.0860. The monoisotopic (exact) mass is 522 g/mol. The first kappa shape index (κ1) is 25.2. The first-order chi connectivity index (χ1) is 18.3. The standard InChI is InChI=1S/C30H35FN2O5/c1-3-36-23-13-20(14-24(37-4-2)26(23)21-5-7-22(31)8-6-21)16-33-18-30(19-33)15-25(32-38-30)28-9-11-29(17-28,12-10-28)27(34)35/h5-8,13-14H,3-4,9-12,15-19H2,1-2H3,(H,34,35). The summed E-state index contributed by atoms with van der Waals surface area (Å²) in [5, 5.41) is 14.3. The number of ether oxygens (including phenoxy) is 2. The van der Waals surface area contributed by atoms with Crippen molar-refractivity contribution in [3.05, 3.63) is 47.8 Å². The van der Waals surface area contributed by atoms with E-state index in [2.05, 4.69) is 22.2 Å². The van der Waals surface area contributed by atoms with Gasteiger partial charge in [-0.15, -0.1) is 0 Å². The molecule has 2 aliphatic carbocycles. The number of benzene rings is 2. The molecule has 0 aromatic heterocycles. The topological polar surface area (TPSA) is 80.6 Å². The van der Waals surface area contributed by atoms with E-state index in [4.69, 9.17) is 14.3 Å². The van der Waals surface area contributed by atoms with Gasteiger partial charge in [-0.05, 0) is 81.3 Å². The lowest BCUT2D eigenvalue weighted by molar-refractivity contribution is -0.148. The van der Waals surface area contributed by atoms with Gasteiger partial charge in [-0.2, -0.15) is 0 Å². The lowest BCUT2D eigenvalue weighted by atomic mass is 9.74. The van der Waals surface area contributed by atoms with Crippen molar-refractivity contribution >= 4 is 11.7 Å². The fourth-order valence-electron chi connectivity index (χ4n) is 7.18. The molecular formula is C30H35FN2O5. The second-order valence-corrected chi connectivity index (χ2v) is 11.5. The molecule has 2 aliphatic heterocycles. The summed E-state index contributed by atoms with van der Waals surface area (Å²) in [5.74, 6) is 0.517. The number of carboxylic acids is 1. The number of fused-ring (bicyclic) bond motifs is 2. The third kappa shape index (κ3) is 4.13. The average Bonchev–Trinajstić information content (AvgIpc) is 3.59. The van der Waals surface area contributed by atoms with Crippen LogP contribution in [0.2, 0.25) is 0 Å². The van der Waals surface area contributed by atoms with Crippen LogP contribution >= 0.6 is 0 Å². The molecule has 0 amide bonds. The van der Waals surface area contributed by atoms with E-state index in [9.17, 15) is 14.3 Å². The summed E-state index contributed by atoms with van der Waals surface area (Å²) in [7, 11) is 0. The molecular weight excluding hydrogens is 487 g/mol. The number of hydrogen-bond acceptors (Lipinski definition) is 6. The molecule has 2 heterocycles. The predicted molar refractivity (Wildman–Crippen MR) is 141 cm³/mol. The number of halogens is 1. The molecule has 7 nitrogen and oxygen atoms in total. The molecule has 0 radical (unpaired) electrons. The summed E-state index contributed by atoms with van der Waals surface area (Å²) >= 11 is 0. The van der Waals surface area contributed by atoms with Crippen molar-refractivity contribution in [2.24, 2.45) is 16.0 Å². The molecule has 2 bridgehead atoms. The van der Waals surface area contributed by atoms with Gasteiger partial charge in [0.05, 0.1) is 29.9 Å².